The molecule has 2 N–H and O–H groups in total. The second-order valence-corrected chi connectivity index (χ2v) is 2.75. The number of hydrogen-bond acceptors (Lipinski definition) is 1. The second-order valence-electron chi connectivity index (χ2n) is 2.31. The first-order chi connectivity index (χ1) is 5.65. The van der Waals surface area contributed by atoms with Crippen molar-refractivity contribution in [1.82, 2.24) is 0 Å². The topological polar surface area (TPSA) is 26.0 Å². The molecule has 1 aromatic rings. The fourth-order valence-corrected chi connectivity index (χ4v) is 1.00. The van der Waals surface area contributed by atoms with E-state index in [-0.39, 0.29) is 0 Å². The summed E-state index contributed by atoms with van der Waals surface area (Å²) < 4.78 is 13.0. The van der Waals surface area contributed by atoms with Crippen LogP contribution in [-0.2, 0) is 0 Å². The zero-order valence-corrected chi connectivity index (χ0v) is 6.98. The summed E-state index contributed by atoms with van der Waals surface area (Å²) in [5.41, 5.74) is 5.72. The van der Waals surface area contributed by atoms with Gasteiger partial charge >= 0.3 is 0 Å². The Bertz CT molecular complexity index is 330. The van der Waals surface area contributed by atoms with Crippen molar-refractivity contribution in [2.45, 2.75) is 6.04 Å². The molecule has 1 rings (SSSR count). The van der Waals surface area contributed by atoms with Crippen LogP contribution in [0.4, 0.5) is 4.39 Å². The Balaban J connectivity index is 3.11. The minimum absolute atomic E-state index is 0.293. The third-order valence-electron chi connectivity index (χ3n) is 1.48. The molecule has 0 aliphatic carbocycles. The van der Waals surface area contributed by atoms with Gasteiger partial charge in [0.2, 0.25) is 0 Å². The van der Waals surface area contributed by atoms with Crippen molar-refractivity contribution >= 4 is 11.6 Å². The number of benzene rings is 1. The van der Waals surface area contributed by atoms with Gasteiger partial charge in [0, 0.05) is 10.6 Å². The van der Waals surface area contributed by atoms with Gasteiger partial charge < -0.3 is 5.73 Å². The van der Waals surface area contributed by atoms with Crippen LogP contribution in [0.2, 0.25) is 5.02 Å². The molecule has 0 saturated heterocycles. The first-order valence-electron chi connectivity index (χ1n) is 3.32. The van der Waals surface area contributed by atoms with Crippen LogP contribution in [-0.4, -0.2) is 0 Å². The predicted molar refractivity (Wildman–Crippen MR) is 47.2 cm³/mol. The minimum atomic E-state index is -0.706. The molecule has 0 saturated carbocycles. The molecule has 3 heteroatoms. The summed E-state index contributed by atoms with van der Waals surface area (Å²) in [5, 5.41) is 0.334. The molecule has 1 unspecified atom stereocenters. The number of halogens is 2. The van der Waals surface area contributed by atoms with Crippen molar-refractivity contribution in [2.24, 2.45) is 5.73 Å². The smallest absolute Gasteiger partial charge is 0.130 e. The van der Waals surface area contributed by atoms with Crippen LogP contribution in [0, 0.1) is 18.2 Å². The van der Waals surface area contributed by atoms with E-state index in [1.807, 2.05) is 0 Å². The van der Waals surface area contributed by atoms with E-state index < -0.39 is 11.9 Å². The molecule has 0 aliphatic heterocycles. The monoisotopic (exact) mass is 183 g/mol. The van der Waals surface area contributed by atoms with E-state index in [0.717, 1.165) is 0 Å². The number of rotatable bonds is 1. The summed E-state index contributed by atoms with van der Waals surface area (Å²) in [6.07, 6.45) is 5.04. The van der Waals surface area contributed by atoms with Crippen LogP contribution in [0.5, 0.6) is 0 Å². The Morgan fingerprint density at radius 1 is 1.58 bits per heavy atom. The lowest BCUT2D eigenvalue weighted by Crippen LogP contribution is -2.09. The number of nitrogens with two attached hydrogens (primary N) is 1. The van der Waals surface area contributed by atoms with Gasteiger partial charge in [-0.2, -0.15) is 0 Å². The Kier molecular flexibility index (Phi) is 2.69. The van der Waals surface area contributed by atoms with E-state index in [1.165, 1.54) is 12.1 Å². The molecule has 0 spiro atoms. The highest BCUT2D eigenvalue weighted by molar-refractivity contribution is 6.30. The van der Waals surface area contributed by atoms with Crippen LogP contribution in [0.1, 0.15) is 11.6 Å². The van der Waals surface area contributed by atoms with Crippen molar-refractivity contribution in [3.8, 4) is 12.3 Å². The molecule has 12 heavy (non-hydrogen) atoms. The van der Waals surface area contributed by atoms with E-state index in [9.17, 15) is 4.39 Å². The third-order valence-corrected chi connectivity index (χ3v) is 1.71. The summed E-state index contributed by atoms with van der Waals surface area (Å²) in [5.74, 6) is 1.77. The van der Waals surface area contributed by atoms with Gasteiger partial charge in [-0.15, -0.1) is 6.42 Å². The van der Waals surface area contributed by atoms with Crippen LogP contribution in [0.25, 0.3) is 0 Å². The summed E-state index contributed by atoms with van der Waals surface area (Å²) in [7, 11) is 0. The number of hydrogen-bond donors (Lipinski definition) is 1. The average molecular weight is 184 g/mol. The Morgan fingerprint density at radius 3 is 2.75 bits per heavy atom. The van der Waals surface area contributed by atoms with Crippen LogP contribution in [0.15, 0.2) is 18.2 Å². The van der Waals surface area contributed by atoms with Gasteiger partial charge in [-0.05, 0) is 12.1 Å². The molecular formula is C9H7ClFN. The maximum atomic E-state index is 13.0. The van der Waals surface area contributed by atoms with Crippen molar-refractivity contribution in [1.29, 1.82) is 0 Å². The lowest BCUT2D eigenvalue weighted by atomic mass is 10.1. The largest absolute Gasteiger partial charge is 0.314 e. The lowest BCUT2D eigenvalue weighted by Gasteiger charge is -2.05. The standard InChI is InChI=1S/C9H7ClFN/c1-2-9(12)7-4-3-6(10)5-8(7)11/h1,3-5,9H,12H2. The van der Waals surface area contributed by atoms with Gasteiger partial charge in [-0.1, -0.05) is 23.6 Å². The highest BCUT2D eigenvalue weighted by Gasteiger charge is 2.08. The summed E-state index contributed by atoms with van der Waals surface area (Å²) in [4.78, 5) is 0. The molecule has 0 fully saturated rings. The first kappa shape index (κ1) is 9.05. The normalized spacial score (nSPS) is 12.2. The van der Waals surface area contributed by atoms with Gasteiger partial charge in [-0.3, -0.25) is 0 Å². The lowest BCUT2D eigenvalue weighted by molar-refractivity contribution is 0.604. The van der Waals surface area contributed by atoms with Gasteiger partial charge in [0.15, 0.2) is 0 Å². The minimum Gasteiger partial charge on any atom is -0.314 e. The average Bonchev–Trinajstić information content (AvgIpc) is 2.03. The zero-order chi connectivity index (χ0) is 9.14. The molecule has 0 radical (unpaired) electrons. The molecule has 1 nitrogen and oxygen atoms in total. The SMILES string of the molecule is C#CC(N)c1ccc(Cl)cc1F. The maximum absolute atomic E-state index is 13.0. The van der Waals surface area contributed by atoms with Crippen LogP contribution < -0.4 is 5.73 Å². The number of terminal acetylenes is 1. The van der Waals surface area contributed by atoms with E-state index in [2.05, 4.69) is 5.92 Å². The molecule has 0 aliphatic rings. The molecular weight excluding hydrogens is 177 g/mol. The first-order valence-corrected chi connectivity index (χ1v) is 3.69. The van der Waals surface area contributed by atoms with Crippen molar-refractivity contribution in [3.63, 3.8) is 0 Å². The van der Waals surface area contributed by atoms with Gasteiger partial charge in [0.1, 0.15) is 5.82 Å². The highest BCUT2D eigenvalue weighted by Crippen LogP contribution is 2.18. The molecule has 0 aromatic heterocycles. The van der Waals surface area contributed by atoms with Gasteiger partial charge in [0.25, 0.3) is 0 Å². The Hall–Kier alpha value is -1.04. The fourth-order valence-electron chi connectivity index (χ4n) is 0.844. The van der Waals surface area contributed by atoms with E-state index in [1.54, 1.807) is 6.07 Å². The Morgan fingerprint density at radius 2 is 2.25 bits per heavy atom. The van der Waals surface area contributed by atoms with E-state index in [0.29, 0.717) is 10.6 Å². The van der Waals surface area contributed by atoms with Gasteiger partial charge in [-0.25, -0.2) is 4.39 Å². The molecule has 0 amide bonds. The van der Waals surface area contributed by atoms with Crippen molar-refractivity contribution in [2.75, 3.05) is 0 Å². The molecule has 0 heterocycles. The summed E-state index contributed by atoms with van der Waals surface area (Å²) in [6.45, 7) is 0. The summed E-state index contributed by atoms with van der Waals surface area (Å²) >= 11 is 5.53. The second kappa shape index (κ2) is 3.57. The molecule has 1 atom stereocenters. The zero-order valence-electron chi connectivity index (χ0n) is 6.22. The fraction of sp³-hybridized carbons (Fsp3) is 0.111. The highest BCUT2D eigenvalue weighted by atomic mass is 35.5. The predicted octanol–water partition coefficient (Wildman–Crippen LogP) is 2.11. The summed E-state index contributed by atoms with van der Waals surface area (Å²) in [6, 6.07) is 3.52. The van der Waals surface area contributed by atoms with E-state index in [4.69, 9.17) is 23.8 Å². The van der Waals surface area contributed by atoms with Crippen LogP contribution in [0.3, 0.4) is 0 Å². The molecule has 62 valence electrons. The third kappa shape index (κ3) is 1.76. The maximum Gasteiger partial charge on any atom is 0.130 e. The van der Waals surface area contributed by atoms with Crippen molar-refractivity contribution < 1.29 is 4.39 Å². The van der Waals surface area contributed by atoms with Gasteiger partial charge in [0.05, 0.1) is 6.04 Å². The van der Waals surface area contributed by atoms with Crippen molar-refractivity contribution in [3.05, 3.63) is 34.6 Å². The van der Waals surface area contributed by atoms with E-state index >= 15 is 0 Å². The van der Waals surface area contributed by atoms with Crippen LogP contribution >= 0.6 is 11.6 Å². The molecule has 1 aromatic carbocycles. The molecule has 0 bridgehead atoms. The quantitative estimate of drug-likeness (QED) is 0.664. The Labute approximate surface area is 75.3 Å².